The topological polar surface area (TPSA) is 18.5 Å². The largest absolute Gasteiger partial charge is 0.346 e. The molecule has 23 heavy (non-hydrogen) atoms. The highest BCUT2D eigenvalue weighted by Gasteiger charge is 2.25. The van der Waals surface area contributed by atoms with Crippen molar-refractivity contribution in [1.29, 1.82) is 0 Å². The molecule has 0 atom stereocenters. The van der Waals surface area contributed by atoms with Crippen molar-refractivity contribution >= 4 is 23.0 Å². The molecule has 4 heteroatoms. The average Bonchev–Trinajstić information content (AvgIpc) is 2.59. The third-order valence-electron chi connectivity index (χ3n) is 5.45. The number of nitrogens with one attached hydrogen (secondary N) is 1. The van der Waals surface area contributed by atoms with Gasteiger partial charge in [0.15, 0.2) is 5.11 Å². The molecule has 0 spiro atoms. The van der Waals surface area contributed by atoms with Crippen LogP contribution in [0.4, 0.5) is 5.69 Å². The Bertz CT molecular complexity index is 544. The van der Waals surface area contributed by atoms with Gasteiger partial charge in [-0.1, -0.05) is 25.3 Å². The number of anilines is 1. The Morgan fingerprint density at radius 2 is 1.70 bits per heavy atom. The van der Waals surface area contributed by atoms with Crippen molar-refractivity contribution in [2.75, 3.05) is 31.5 Å². The standard InChI is InChI=1S/C19H29N3S/c1-15-8-9-17(14-16(15)2)20-19(23)22-12-10-21(11-13-22)18-6-4-3-5-7-18/h8-9,14,18H,3-7,10-13H2,1-2H3,(H,20,23). The molecule has 0 radical (unpaired) electrons. The van der Waals surface area contributed by atoms with Crippen molar-refractivity contribution in [3.63, 3.8) is 0 Å². The maximum Gasteiger partial charge on any atom is 0.173 e. The molecule has 0 aromatic heterocycles. The van der Waals surface area contributed by atoms with Crippen molar-refractivity contribution in [1.82, 2.24) is 9.80 Å². The second kappa shape index (κ2) is 7.63. The average molecular weight is 332 g/mol. The molecular weight excluding hydrogens is 302 g/mol. The summed E-state index contributed by atoms with van der Waals surface area (Å²) in [6, 6.07) is 7.28. The number of thiocarbonyl (C=S) groups is 1. The van der Waals surface area contributed by atoms with Crippen molar-refractivity contribution in [2.45, 2.75) is 52.0 Å². The van der Waals surface area contributed by atoms with Crippen LogP contribution in [-0.4, -0.2) is 47.1 Å². The molecule has 1 aromatic carbocycles. The summed E-state index contributed by atoms with van der Waals surface area (Å²) in [6.45, 7) is 8.69. The van der Waals surface area contributed by atoms with E-state index in [2.05, 4.69) is 47.2 Å². The van der Waals surface area contributed by atoms with Crippen molar-refractivity contribution in [3.05, 3.63) is 29.3 Å². The lowest BCUT2D eigenvalue weighted by Gasteiger charge is -2.41. The first-order valence-corrected chi connectivity index (χ1v) is 9.41. The lowest BCUT2D eigenvalue weighted by Crippen LogP contribution is -2.53. The molecule has 0 amide bonds. The fourth-order valence-electron chi connectivity index (χ4n) is 3.76. The number of hydrogen-bond donors (Lipinski definition) is 1. The number of piperazine rings is 1. The Morgan fingerprint density at radius 3 is 2.35 bits per heavy atom. The van der Waals surface area contributed by atoms with Crippen LogP contribution in [0.1, 0.15) is 43.2 Å². The summed E-state index contributed by atoms with van der Waals surface area (Å²) in [5, 5.41) is 4.28. The van der Waals surface area contributed by atoms with Crippen LogP contribution in [0.2, 0.25) is 0 Å². The normalized spacial score (nSPS) is 20.5. The van der Waals surface area contributed by atoms with Crippen molar-refractivity contribution < 1.29 is 0 Å². The molecule has 0 bridgehead atoms. The van der Waals surface area contributed by atoms with Gasteiger partial charge in [0.05, 0.1) is 0 Å². The maximum absolute atomic E-state index is 5.62. The van der Waals surface area contributed by atoms with Gasteiger partial charge in [0, 0.05) is 37.9 Å². The van der Waals surface area contributed by atoms with Crippen molar-refractivity contribution in [3.8, 4) is 0 Å². The Labute approximate surface area is 146 Å². The first-order chi connectivity index (χ1) is 11.1. The van der Waals surface area contributed by atoms with E-state index in [9.17, 15) is 0 Å². The second-order valence-corrected chi connectivity index (χ2v) is 7.43. The van der Waals surface area contributed by atoms with E-state index in [4.69, 9.17) is 12.2 Å². The van der Waals surface area contributed by atoms with Gasteiger partial charge in [-0.25, -0.2) is 0 Å². The molecule has 3 nitrogen and oxygen atoms in total. The molecular formula is C19H29N3S. The van der Waals surface area contributed by atoms with Crippen LogP contribution in [0.5, 0.6) is 0 Å². The SMILES string of the molecule is Cc1ccc(NC(=S)N2CCN(C3CCCCC3)CC2)cc1C. The van der Waals surface area contributed by atoms with Gasteiger partial charge in [-0.05, 0) is 62.2 Å². The molecule has 1 aliphatic carbocycles. The molecule has 1 saturated heterocycles. The van der Waals surface area contributed by atoms with E-state index in [1.165, 1.54) is 43.2 Å². The van der Waals surface area contributed by atoms with E-state index < -0.39 is 0 Å². The van der Waals surface area contributed by atoms with E-state index in [1.54, 1.807) is 0 Å². The van der Waals surface area contributed by atoms with Crippen molar-refractivity contribution in [2.24, 2.45) is 0 Å². The van der Waals surface area contributed by atoms with Crippen LogP contribution in [0.25, 0.3) is 0 Å². The van der Waals surface area contributed by atoms with Gasteiger partial charge in [-0.2, -0.15) is 0 Å². The van der Waals surface area contributed by atoms with Gasteiger partial charge in [0.25, 0.3) is 0 Å². The molecule has 2 aliphatic rings. The summed E-state index contributed by atoms with van der Waals surface area (Å²) in [6.07, 6.45) is 7.05. The van der Waals surface area contributed by atoms with Gasteiger partial charge in [0.2, 0.25) is 0 Å². The minimum atomic E-state index is 0.826. The van der Waals surface area contributed by atoms with Crippen LogP contribution in [0, 0.1) is 13.8 Å². The zero-order valence-electron chi connectivity index (χ0n) is 14.5. The fourth-order valence-corrected chi connectivity index (χ4v) is 4.06. The maximum atomic E-state index is 5.62. The molecule has 126 valence electrons. The Kier molecular flexibility index (Phi) is 5.54. The summed E-state index contributed by atoms with van der Waals surface area (Å²) in [4.78, 5) is 5.01. The zero-order chi connectivity index (χ0) is 16.2. The molecule has 1 saturated carbocycles. The Hall–Kier alpha value is -1.13. The number of nitrogens with zero attached hydrogens (tertiary/aromatic N) is 2. The first kappa shape index (κ1) is 16.7. The molecule has 1 heterocycles. The second-order valence-electron chi connectivity index (χ2n) is 7.04. The lowest BCUT2D eigenvalue weighted by atomic mass is 9.94. The Balaban J connectivity index is 1.50. The molecule has 1 N–H and O–H groups in total. The summed E-state index contributed by atoms with van der Waals surface area (Å²) in [5.41, 5.74) is 3.73. The molecule has 1 aromatic rings. The summed E-state index contributed by atoms with van der Waals surface area (Å²) < 4.78 is 0. The van der Waals surface area contributed by atoms with Crippen LogP contribution in [0.15, 0.2) is 18.2 Å². The minimum Gasteiger partial charge on any atom is -0.346 e. The van der Waals surface area contributed by atoms with Gasteiger partial charge >= 0.3 is 0 Å². The minimum absolute atomic E-state index is 0.826. The quantitative estimate of drug-likeness (QED) is 0.827. The number of hydrogen-bond acceptors (Lipinski definition) is 2. The molecule has 0 unspecified atom stereocenters. The smallest absolute Gasteiger partial charge is 0.173 e. The van der Waals surface area contributed by atoms with Crippen LogP contribution < -0.4 is 5.32 Å². The molecule has 2 fully saturated rings. The Morgan fingerprint density at radius 1 is 1.00 bits per heavy atom. The van der Waals surface area contributed by atoms with E-state index in [1.807, 2.05) is 0 Å². The third-order valence-corrected chi connectivity index (χ3v) is 5.81. The highest BCUT2D eigenvalue weighted by Crippen LogP contribution is 2.23. The predicted molar refractivity (Wildman–Crippen MR) is 102 cm³/mol. The highest BCUT2D eigenvalue weighted by atomic mass is 32.1. The number of rotatable bonds is 2. The van der Waals surface area contributed by atoms with Crippen LogP contribution >= 0.6 is 12.2 Å². The highest BCUT2D eigenvalue weighted by molar-refractivity contribution is 7.80. The third kappa shape index (κ3) is 4.24. The number of benzene rings is 1. The lowest BCUT2D eigenvalue weighted by molar-refractivity contribution is 0.108. The van der Waals surface area contributed by atoms with Gasteiger partial charge in [-0.15, -0.1) is 0 Å². The molecule has 3 rings (SSSR count). The molecule has 1 aliphatic heterocycles. The van der Waals surface area contributed by atoms with Crippen LogP contribution in [0.3, 0.4) is 0 Å². The van der Waals surface area contributed by atoms with E-state index in [0.29, 0.717) is 0 Å². The predicted octanol–water partition coefficient (Wildman–Crippen LogP) is 3.95. The van der Waals surface area contributed by atoms with Gasteiger partial charge in [-0.3, -0.25) is 4.90 Å². The number of aryl methyl sites for hydroxylation is 2. The monoisotopic (exact) mass is 331 g/mol. The van der Waals surface area contributed by atoms with E-state index in [-0.39, 0.29) is 0 Å². The van der Waals surface area contributed by atoms with E-state index >= 15 is 0 Å². The first-order valence-electron chi connectivity index (χ1n) is 9.01. The fraction of sp³-hybridized carbons (Fsp3) is 0.632. The summed E-state index contributed by atoms with van der Waals surface area (Å²) in [7, 11) is 0. The van der Waals surface area contributed by atoms with Gasteiger partial charge in [0.1, 0.15) is 0 Å². The van der Waals surface area contributed by atoms with Crippen LogP contribution in [-0.2, 0) is 0 Å². The van der Waals surface area contributed by atoms with E-state index in [0.717, 1.165) is 43.0 Å². The summed E-state index contributed by atoms with van der Waals surface area (Å²) >= 11 is 5.62. The summed E-state index contributed by atoms with van der Waals surface area (Å²) in [5.74, 6) is 0. The zero-order valence-corrected chi connectivity index (χ0v) is 15.3. The van der Waals surface area contributed by atoms with Gasteiger partial charge < -0.3 is 10.2 Å².